The van der Waals surface area contributed by atoms with Gasteiger partial charge in [0.05, 0.1) is 29.4 Å². The highest BCUT2D eigenvalue weighted by Gasteiger charge is 2.17. The SMILES string of the molecule is COc1cccc(Cn2c(=O)c3sccc3n(CC(=O)Nc3nc4ccccc4s3)c2=O)c1. The van der Waals surface area contributed by atoms with E-state index in [-0.39, 0.29) is 18.6 Å². The van der Waals surface area contributed by atoms with Crippen molar-refractivity contribution in [3.8, 4) is 5.75 Å². The number of fused-ring (bicyclic) bond motifs is 2. The fourth-order valence-electron chi connectivity index (χ4n) is 3.61. The van der Waals surface area contributed by atoms with Crippen LogP contribution < -0.4 is 21.3 Å². The van der Waals surface area contributed by atoms with Gasteiger partial charge in [0.1, 0.15) is 17.0 Å². The van der Waals surface area contributed by atoms with E-state index in [1.807, 2.05) is 30.3 Å². The number of ether oxygens (including phenoxy) is 1. The summed E-state index contributed by atoms with van der Waals surface area (Å²) in [4.78, 5) is 43.5. The normalized spacial score (nSPS) is 11.2. The van der Waals surface area contributed by atoms with Gasteiger partial charge in [-0.05, 0) is 41.3 Å². The maximum atomic E-state index is 13.3. The van der Waals surface area contributed by atoms with Crippen LogP contribution in [-0.4, -0.2) is 27.1 Å². The first-order chi connectivity index (χ1) is 16.0. The molecule has 0 unspecified atom stereocenters. The summed E-state index contributed by atoms with van der Waals surface area (Å²) in [6.45, 7) is -0.164. The van der Waals surface area contributed by atoms with E-state index in [2.05, 4.69) is 10.3 Å². The van der Waals surface area contributed by atoms with Gasteiger partial charge >= 0.3 is 5.69 Å². The number of benzene rings is 2. The number of hydrogen-bond acceptors (Lipinski definition) is 7. The highest BCUT2D eigenvalue weighted by Crippen LogP contribution is 2.25. The number of nitrogens with one attached hydrogen (secondary N) is 1. The molecule has 0 fully saturated rings. The molecule has 2 aromatic carbocycles. The van der Waals surface area contributed by atoms with Crippen molar-refractivity contribution in [1.82, 2.24) is 14.1 Å². The predicted molar refractivity (Wildman–Crippen MR) is 131 cm³/mol. The number of anilines is 1. The lowest BCUT2D eigenvalue weighted by Gasteiger charge is -2.12. The lowest BCUT2D eigenvalue weighted by atomic mass is 10.2. The Kier molecular flexibility index (Phi) is 5.53. The number of hydrogen-bond donors (Lipinski definition) is 1. The summed E-state index contributed by atoms with van der Waals surface area (Å²) in [5.41, 5.74) is 1.05. The Hall–Kier alpha value is -3.76. The second kappa shape index (κ2) is 8.64. The van der Waals surface area contributed by atoms with Gasteiger partial charge < -0.3 is 10.1 Å². The Morgan fingerprint density at radius 1 is 1.09 bits per heavy atom. The fraction of sp³-hybridized carbons (Fsp3) is 0.130. The summed E-state index contributed by atoms with van der Waals surface area (Å²) < 4.78 is 9.10. The zero-order valence-electron chi connectivity index (χ0n) is 17.5. The Morgan fingerprint density at radius 2 is 1.94 bits per heavy atom. The third-order valence-electron chi connectivity index (χ3n) is 5.15. The van der Waals surface area contributed by atoms with E-state index in [1.165, 1.54) is 27.2 Å². The number of amides is 1. The highest BCUT2D eigenvalue weighted by molar-refractivity contribution is 7.22. The second-order valence-electron chi connectivity index (χ2n) is 7.28. The van der Waals surface area contributed by atoms with Crippen LogP contribution in [0.15, 0.2) is 69.6 Å². The van der Waals surface area contributed by atoms with Crippen LogP contribution in [0, 0.1) is 0 Å². The molecule has 0 spiro atoms. The Balaban J connectivity index is 1.49. The number of carbonyl (C=O) groups excluding carboxylic acids is 1. The van der Waals surface area contributed by atoms with Gasteiger partial charge in [-0.1, -0.05) is 35.6 Å². The van der Waals surface area contributed by atoms with Crippen molar-refractivity contribution in [3.63, 3.8) is 0 Å². The topological polar surface area (TPSA) is 95.2 Å². The smallest absolute Gasteiger partial charge is 0.332 e. The van der Waals surface area contributed by atoms with Crippen molar-refractivity contribution in [3.05, 3.63) is 86.4 Å². The van der Waals surface area contributed by atoms with Gasteiger partial charge in [0, 0.05) is 0 Å². The molecule has 0 aliphatic rings. The van der Waals surface area contributed by atoms with Crippen LogP contribution >= 0.6 is 22.7 Å². The molecule has 33 heavy (non-hydrogen) atoms. The van der Waals surface area contributed by atoms with E-state index in [0.717, 1.165) is 20.3 Å². The molecule has 0 radical (unpaired) electrons. The molecule has 5 rings (SSSR count). The Bertz CT molecular complexity index is 1580. The molecule has 3 aromatic heterocycles. The quantitative estimate of drug-likeness (QED) is 0.403. The molecule has 0 saturated carbocycles. The summed E-state index contributed by atoms with van der Waals surface area (Å²) in [7, 11) is 1.56. The molecule has 5 aromatic rings. The van der Waals surface area contributed by atoms with Gasteiger partial charge in [0.25, 0.3) is 5.56 Å². The largest absolute Gasteiger partial charge is 0.497 e. The number of thiophene rings is 1. The summed E-state index contributed by atoms with van der Waals surface area (Å²) in [6, 6.07) is 16.4. The van der Waals surface area contributed by atoms with Crippen molar-refractivity contribution < 1.29 is 9.53 Å². The van der Waals surface area contributed by atoms with Crippen molar-refractivity contribution in [2.45, 2.75) is 13.1 Å². The lowest BCUT2D eigenvalue weighted by molar-refractivity contribution is -0.116. The first kappa shape index (κ1) is 21.1. The number of carbonyl (C=O) groups is 1. The number of rotatable bonds is 6. The maximum absolute atomic E-state index is 13.3. The molecule has 0 atom stereocenters. The molecule has 166 valence electrons. The third-order valence-corrected chi connectivity index (χ3v) is 7.00. The lowest BCUT2D eigenvalue weighted by Crippen LogP contribution is -2.41. The van der Waals surface area contributed by atoms with Crippen LogP contribution in [0.1, 0.15) is 5.56 Å². The molecule has 0 aliphatic heterocycles. The fourth-order valence-corrected chi connectivity index (χ4v) is 5.33. The molecule has 8 nitrogen and oxygen atoms in total. The van der Waals surface area contributed by atoms with Crippen LogP contribution in [-0.2, 0) is 17.9 Å². The first-order valence-corrected chi connectivity index (χ1v) is 11.7. The van der Waals surface area contributed by atoms with Crippen molar-refractivity contribution >= 4 is 54.1 Å². The molecular weight excluding hydrogens is 460 g/mol. The van der Waals surface area contributed by atoms with Crippen LogP contribution in [0.5, 0.6) is 5.75 Å². The molecule has 3 heterocycles. The highest BCUT2D eigenvalue weighted by atomic mass is 32.1. The van der Waals surface area contributed by atoms with Gasteiger partial charge in [-0.2, -0.15) is 0 Å². The van der Waals surface area contributed by atoms with Crippen LogP contribution in [0.4, 0.5) is 5.13 Å². The number of methoxy groups -OCH3 is 1. The molecule has 10 heteroatoms. The van der Waals surface area contributed by atoms with E-state index >= 15 is 0 Å². The molecule has 0 aliphatic carbocycles. The minimum atomic E-state index is -0.548. The molecular formula is C23H18N4O4S2. The van der Waals surface area contributed by atoms with Crippen molar-refractivity contribution in [2.24, 2.45) is 0 Å². The van der Waals surface area contributed by atoms with E-state index < -0.39 is 11.6 Å². The first-order valence-electron chi connectivity index (χ1n) is 10.0. The average Bonchev–Trinajstić information content (AvgIpc) is 3.46. The summed E-state index contributed by atoms with van der Waals surface area (Å²) in [5.74, 6) is 0.239. The Morgan fingerprint density at radius 3 is 2.76 bits per heavy atom. The second-order valence-corrected chi connectivity index (χ2v) is 9.23. The molecule has 0 saturated heterocycles. The zero-order chi connectivity index (χ0) is 22.9. The molecule has 0 bridgehead atoms. The average molecular weight is 479 g/mol. The van der Waals surface area contributed by atoms with Gasteiger partial charge in [0.15, 0.2) is 5.13 Å². The number of para-hydroxylation sites is 1. The van der Waals surface area contributed by atoms with E-state index in [1.54, 1.807) is 36.8 Å². The van der Waals surface area contributed by atoms with Crippen LogP contribution in [0.25, 0.3) is 20.4 Å². The number of aromatic nitrogens is 3. The summed E-state index contributed by atoms with van der Waals surface area (Å²) >= 11 is 2.60. The predicted octanol–water partition coefficient (Wildman–Crippen LogP) is 3.53. The van der Waals surface area contributed by atoms with Gasteiger partial charge in [-0.25, -0.2) is 9.78 Å². The monoisotopic (exact) mass is 478 g/mol. The standard InChI is InChI=1S/C23H18N4O4S2/c1-31-15-6-4-5-14(11-15)12-27-21(29)20-17(9-10-32-20)26(23(27)30)13-19(28)25-22-24-16-7-2-3-8-18(16)33-22/h2-11H,12-13H2,1H3,(H,24,25,28). The Labute approximate surface area is 195 Å². The van der Waals surface area contributed by atoms with Gasteiger partial charge in [-0.3, -0.25) is 18.7 Å². The minimum Gasteiger partial charge on any atom is -0.497 e. The molecule has 1 N–H and O–H groups in total. The van der Waals surface area contributed by atoms with Crippen molar-refractivity contribution in [2.75, 3.05) is 12.4 Å². The van der Waals surface area contributed by atoms with E-state index in [9.17, 15) is 14.4 Å². The minimum absolute atomic E-state index is 0.0716. The van der Waals surface area contributed by atoms with E-state index in [0.29, 0.717) is 21.1 Å². The van der Waals surface area contributed by atoms with Crippen LogP contribution in [0.2, 0.25) is 0 Å². The summed E-state index contributed by atoms with van der Waals surface area (Å²) in [5, 5.41) is 4.97. The van der Waals surface area contributed by atoms with E-state index in [4.69, 9.17) is 4.74 Å². The summed E-state index contributed by atoms with van der Waals surface area (Å²) in [6.07, 6.45) is 0. The number of nitrogens with zero attached hydrogens (tertiary/aromatic N) is 3. The maximum Gasteiger partial charge on any atom is 0.332 e. The number of thiazole rings is 1. The zero-order valence-corrected chi connectivity index (χ0v) is 19.1. The molecule has 1 amide bonds. The van der Waals surface area contributed by atoms with Crippen molar-refractivity contribution in [1.29, 1.82) is 0 Å². The van der Waals surface area contributed by atoms with Gasteiger partial charge in [0.2, 0.25) is 5.91 Å². The van der Waals surface area contributed by atoms with Gasteiger partial charge in [-0.15, -0.1) is 11.3 Å². The van der Waals surface area contributed by atoms with Crippen LogP contribution in [0.3, 0.4) is 0 Å². The third kappa shape index (κ3) is 4.06.